The van der Waals surface area contributed by atoms with Crippen LogP contribution in [-0.2, 0) is 16.1 Å². The number of nitrogens with zero attached hydrogens (tertiary/aromatic N) is 2. The van der Waals surface area contributed by atoms with E-state index in [-0.39, 0.29) is 25.3 Å². The van der Waals surface area contributed by atoms with E-state index in [0.29, 0.717) is 16.5 Å². The molecule has 0 fully saturated rings. The van der Waals surface area contributed by atoms with Gasteiger partial charge in [0.2, 0.25) is 5.91 Å². The van der Waals surface area contributed by atoms with Crippen LogP contribution in [-0.4, -0.2) is 26.4 Å². The Labute approximate surface area is 114 Å². The van der Waals surface area contributed by atoms with Crippen LogP contribution < -0.4 is 5.32 Å². The van der Waals surface area contributed by atoms with Crippen LogP contribution in [0.3, 0.4) is 0 Å². The molecule has 6 nitrogen and oxygen atoms in total. The van der Waals surface area contributed by atoms with E-state index < -0.39 is 5.97 Å². The first-order valence-electron chi connectivity index (χ1n) is 5.67. The number of carboxylic acid groups (broad SMARTS) is 1. The zero-order chi connectivity index (χ0) is 13.8. The second-order valence-corrected chi connectivity index (χ2v) is 4.37. The summed E-state index contributed by atoms with van der Waals surface area (Å²) in [5.41, 5.74) is 1.36. The monoisotopic (exact) mass is 281 g/mol. The molecule has 0 radical (unpaired) electrons. The van der Waals surface area contributed by atoms with Gasteiger partial charge in [-0.25, -0.2) is 4.98 Å². The van der Waals surface area contributed by atoms with E-state index in [1.54, 1.807) is 22.7 Å². The highest BCUT2D eigenvalue weighted by atomic mass is 35.5. The summed E-state index contributed by atoms with van der Waals surface area (Å²) in [4.78, 5) is 26.0. The minimum Gasteiger partial charge on any atom is -0.481 e. The van der Waals surface area contributed by atoms with Crippen molar-refractivity contribution < 1.29 is 14.7 Å². The molecule has 0 atom stereocenters. The lowest BCUT2D eigenvalue weighted by atomic mass is 10.3. The number of fused-ring (bicyclic) bond motifs is 1. The molecule has 19 heavy (non-hydrogen) atoms. The van der Waals surface area contributed by atoms with Gasteiger partial charge in [-0.2, -0.15) is 0 Å². The minimum absolute atomic E-state index is 0.0382. The maximum Gasteiger partial charge on any atom is 0.303 e. The van der Waals surface area contributed by atoms with Crippen molar-refractivity contribution in [1.82, 2.24) is 14.7 Å². The average molecular weight is 282 g/mol. The molecule has 0 aliphatic rings. The standard InChI is InChI=1S/C12H12ClN3O3/c13-9-2-1-3-10-15-8(7-16(9)10)6-14-11(17)4-5-12(18)19/h1-3,7H,4-6H2,(H,14,17)(H,18,19). The highest BCUT2D eigenvalue weighted by Crippen LogP contribution is 2.13. The van der Waals surface area contributed by atoms with Crippen LogP contribution in [0.25, 0.3) is 5.65 Å². The highest BCUT2D eigenvalue weighted by molar-refractivity contribution is 6.29. The number of amides is 1. The van der Waals surface area contributed by atoms with Gasteiger partial charge in [-0.1, -0.05) is 17.7 Å². The van der Waals surface area contributed by atoms with Crippen molar-refractivity contribution in [3.63, 3.8) is 0 Å². The molecule has 2 aromatic heterocycles. The fourth-order valence-electron chi connectivity index (χ4n) is 1.61. The lowest BCUT2D eigenvalue weighted by molar-refractivity contribution is -0.138. The molecule has 7 heteroatoms. The molecule has 2 aromatic rings. The molecule has 0 aliphatic carbocycles. The van der Waals surface area contributed by atoms with Gasteiger partial charge < -0.3 is 10.4 Å². The zero-order valence-electron chi connectivity index (χ0n) is 9.97. The van der Waals surface area contributed by atoms with Crippen LogP contribution in [0, 0.1) is 0 Å². The quantitative estimate of drug-likeness (QED) is 0.813. The lowest BCUT2D eigenvalue weighted by Crippen LogP contribution is -2.23. The van der Waals surface area contributed by atoms with E-state index in [4.69, 9.17) is 16.7 Å². The summed E-state index contributed by atoms with van der Waals surface area (Å²) in [6.45, 7) is 0.246. The van der Waals surface area contributed by atoms with Gasteiger partial charge in [-0.15, -0.1) is 0 Å². The van der Waals surface area contributed by atoms with Gasteiger partial charge >= 0.3 is 5.97 Å². The predicted octanol–water partition coefficient (Wildman–Crippen LogP) is 1.47. The van der Waals surface area contributed by atoms with Gasteiger partial charge in [0.05, 0.1) is 18.7 Å². The number of imidazole rings is 1. The SMILES string of the molecule is O=C(O)CCC(=O)NCc1cn2c(Cl)cccc2n1. The number of carbonyl (C=O) groups excluding carboxylic acids is 1. The van der Waals surface area contributed by atoms with E-state index in [0.717, 1.165) is 0 Å². The molecule has 0 saturated heterocycles. The zero-order valence-corrected chi connectivity index (χ0v) is 10.7. The lowest BCUT2D eigenvalue weighted by Gasteiger charge is -2.00. The summed E-state index contributed by atoms with van der Waals surface area (Å²) in [5.74, 6) is -1.31. The largest absolute Gasteiger partial charge is 0.481 e. The van der Waals surface area contributed by atoms with Crippen molar-refractivity contribution in [2.24, 2.45) is 0 Å². The second-order valence-electron chi connectivity index (χ2n) is 3.98. The van der Waals surface area contributed by atoms with Crippen LogP contribution in [0.4, 0.5) is 0 Å². The third kappa shape index (κ3) is 3.45. The number of aromatic nitrogens is 2. The number of rotatable bonds is 5. The van der Waals surface area contributed by atoms with Gasteiger partial charge in [0, 0.05) is 12.6 Å². The molecule has 100 valence electrons. The number of hydrogen-bond acceptors (Lipinski definition) is 3. The van der Waals surface area contributed by atoms with Crippen molar-refractivity contribution in [3.8, 4) is 0 Å². The first-order valence-corrected chi connectivity index (χ1v) is 6.05. The van der Waals surface area contributed by atoms with E-state index in [9.17, 15) is 9.59 Å². The minimum atomic E-state index is -0.991. The van der Waals surface area contributed by atoms with Crippen molar-refractivity contribution in [2.45, 2.75) is 19.4 Å². The smallest absolute Gasteiger partial charge is 0.303 e. The summed E-state index contributed by atoms with van der Waals surface area (Å²) in [6.07, 6.45) is 1.52. The fraction of sp³-hybridized carbons (Fsp3) is 0.250. The molecular weight excluding hydrogens is 270 g/mol. The Kier molecular flexibility index (Phi) is 4.01. The van der Waals surface area contributed by atoms with E-state index >= 15 is 0 Å². The van der Waals surface area contributed by atoms with Crippen LogP contribution in [0.5, 0.6) is 0 Å². The fourth-order valence-corrected chi connectivity index (χ4v) is 1.82. The molecule has 0 unspecified atom stereocenters. The normalized spacial score (nSPS) is 10.6. The Morgan fingerprint density at radius 1 is 1.37 bits per heavy atom. The molecule has 2 rings (SSSR count). The molecule has 0 saturated carbocycles. The number of carboxylic acids is 1. The second kappa shape index (κ2) is 5.71. The van der Waals surface area contributed by atoms with Gasteiger partial charge in [-0.05, 0) is 12.1 Å². The predicted molar refractivity (Wildman–Crippen MR) is 68.9 cm³/mol. The van der Waals surface area contributed by atoms with Crippen LogP contribution in [0.15, 0.2) is 24.4 Å². The number of nitrogens with one attached hydrogen (secondary N) is 1. The first kappa shape index (κ1) is 13.4. The Morgan fingerprint density at radius 3 is 2.84 bits per heavy atom. The van der Waals surface area contributed by atoms with E-state index in [1.165, 1.54) is 0 Å². The summed E-state index contributed by atoms with van der Waals surface area (Å²) in [6, 6.07) is 5.34. The molecule has 0 aliphatic heterocycles. The summed E-state index contributed by atoms with van der Waals surface area (Å²) in [7, 11) is 0. The maximum absolute atomic E-state index is 11.4. The Bertz CT molecular complexity index is 624. The first-order chi connectivity index (χ1) is 9.06. The van der Waals surface area contributed by atoms with Crippen LogP contribution >= 0.6 is 11.6 Å². The molecule has 1 amide bonds. The highest BCUT2D eigenvalue weighted by Gasteiger charge is 2.07. The molecule has 0 spiro atoms. The van der Waals surface area contributed by atoms with Crippen molar-refractivity contribution >= 4 is 29.1 Å². The average Bonchev–Trinajstić information content (AvgIpc) is 2.78. The van der Waals surface area contributed by atoms with E-state index in [1.807, 2.05) is 6.07 Å². The summed E-state index contributed by atoms with van der Waals surface area (Å²) in [5, 5.41) is 11.6. The van der Waals surface area contributed by atoms with Crippen LogP contribution in [0.2, 0.25) is 5.15 Å². The van der Waals surface area contributed by atoms with Crippen LogP contribution in [0.1, 0.15) is 18.5 Å². The molecule has 0 aromatic carbocycles. The third-order valence-electron chi connectivity index (χ3n) is 2.52. The molecule has 2 N–H and O–H groups in total. The number of aliphatic carboxylic acids is 1. The van der Waals surface area contributed by atoms with Crippen molar-refractivity contribution in [3.05, 3.63) is 35.2 Å². The molecule has 0 bridgehead atoms. The molecule has 2 heterocycles. The Balaban J connectivity index is 1.96. The molecular formula is C12H12ClN3O3. The number of hydrogen-bond donors (Lipinski definition) is 2. The van der Waals surface area contributed by atoms with Gasteiger partial charge in [-0.3, -0.25) is 14.0 Å². The Morgan fingerprint density at radius 2 is 2.16 bits per heavy atom. The summed E-state index contributed by atoms with van der Waals surface area (Å²) < 4.78 is 1.71. The number of halogens is 1. The number of carbonyl (C=O) groups is 2. The third-order valence-corrected chi connectivity index (χ3v) is 2.83. The van der Waals surface area contributed by atoms with Gasteiger partial charge in [0.15, 0.2) is 0 Å². The summed E-state index contributed by atoms with van der Waals surface area (Å²) >= 11 is 5.99. The van der Waals surface area contributed by atoms with Gasteiger partial charge in [0.1, 0.15) is 10.8 Å². The van der Waals surface area contributed by atoms with Crippen molar-refractivity contribution in [1.29, 1.82) is 0 Å². The van der Waals surface area contributed by atoms with Gasteiger partial charge in [0.25, 0.3) is 0 Å². The number of pyridine rings is 1. The topological polar surface area (TPSA) is 83.7 Å². The Hall–Kier alpha value is -2.08. The van der Waals surface area contributed by atoms with Crippen molar-refractivity contribution in [2.75, 3.05) is 0 Å². The maximum atomic E-state index is 11.4. The van der Waals surface area contributed by atoms with E-state index in [2.05, 4.69) is 10.3 Å².